The molecule has 0 bridgehead atoms. The number of benzene rings is 2. The van der Waals surface area contributed by atoms with E-state index in [0.29, 0.717) is 10.6 Å². The molecule has 0 radical (unpaired) electrons. The van der Waals surface area contributed by atoms with Crippen molar-refractivity contribution >= 4 is 35.0 Å². The summed E-state index contributed by atoms with van der Waals surface area (Å²) < 4.78 is 5.28. The topological polar surface area (TPSA) is 98.5 Å². The second-order valence-electron chi connectivity index (χ2n) is 6.35. The second-order valence-corrected chi connectivity index (χ2v) is 7.76. The van der Waals surface area contributed by atoms with Crippen LogP contribution in [0.2, 0.25) is 0 Å². The van der Waals surface area contributed by atoms with Crippen LogP contribution in [0, 0.1) is 24.0 Å². The molecule has 7 nitrogen and oxygen atoms in total. The molecule has 1 amide bonds. The molecule has 0 heterocycles. The Balaban J connectivity index is 1.93. The van der Waals surface area contributed by atoms with Crippen LogP contribution in [0.25, 0.3) is 0 Å². The lowest BCUT2D eigenvalue weighted by Crippen LogP contribution is -2.32. The molecule has 0 saturated heterocycles. The van der Waals surface area contributed by atoms with Crippen LogP contribution >= 0.6 is 11.8 Å². The fourth-order valence-electron chi connectivity index (χ4n) is 2.46. The lowest BCUT2D eigenvalue weighted by molar-refractivity contribution is -0.384. The smallest absolute Gasteiger partial charge is 0.319 e. The van der Waals surface area contributed by atoms with E-state index in [0.717, 1.165) is 11.1 Å². The zero-order valence-corrected chi connectivity index (χ0v) is 16.9. The lowest BCUT2D eigenvalue weighted by Gasteiger charge is -2.18. The number of amides is 1. The molecule has 28 heavy (non-hydrogen) atoms. The third-order valence-electron chi connectivity index (χ3n) is 4.08. The highest BCUT2D eigenvalue weighted by Gasteiger charge is 2.23. The maximum Gasteiger partial charge on any atom is 0.319 e. The van der Waals surface area contributed by atoms with Crippen LogP contribution in [0.3, 0.4) is 0 Å². The van der Waals surface area contributed by atoms with Crippen molar-refractivity contribution in [3.8, 4) is 0 Å². The number of nitrogens with one attached hydrogen (secondary N) is 1. The quantitative estimate of drug-likeness (QED) is 0.321. The highest BCUT2D eigenvalue weighted by Crippen LogP contribution is 2.26. The third-order valence-corrected chi connectivity index (χ3v) is 5.17. The number of hydrogen-bond acceptors (Lipinski definition) is 6. The van der Waals surface area contributed by atoms with Crippen molar-refractivity contribution in [2.45, 2.75) is 43.9 Å². The van der Waals surface area contributed by atoms with Crippen molar-refractivity contribution < 1.29 is 19.2 Å². The summed E-state index contributed by atoms with van der Waals surface area (Å²) in [7, 11) is 0. The molecule has 2 atom stereocenters. The van der Waals surface area contributed by atoms with E-state index in [9.17, 15) is 19.7 Å². The van der Waals surface area contributed by atoms with Gasteiger partial charge in [-0.1, -0.05) is 18.2 Å². The Morgan fingerprint density at radius 2 is 1.64 bits per heavy atom. The molecular weight excluding hydrogens is 380 g/mol. The van der Waals surface area contributed by atoms with E-state index in [1.807, 2.05) is 32.0 Å². The maximum atomic E-state index is 12.4. The molecule has 0 spiro atoms. The van der Waals surface area contributed by atoms with E-state index in [1.54, 1.807) is 19.1 Å². The largest absolute Gasteiger partial charge is 0.452 e. The predicted octanol–water partition coefficient (Wildman–Crippen LogP) is 4.26. The minimum absolute atomic E-state index is 0.0172. The van der Waals surface area contributed by atoms with Crippen LogP contribution in [-0.2, 0) is 14.3 Å². The number of thioether (sulfide) groups is 1. The number of esters is 1. The van der Waals surface area contributed by atoms with Crippen molar-refractivity contribution in [2.24, 2.45) is 0 Å². The van der Waals surface area contributed by atoms with E-state index in [4.69, 9.17) is 4.74 Å². The zero-order valence-electron chi connectivity index (χ0n) is 16.1. The highest BCUT2D eigenvalue weighted by molar-refractivity contribution is 8.00. The second kappa shape index (κ2) is 9.36. The Morgan fingerprint density at radius 3 is 2.18 bits per heavy atom. The lowest BCUT2D eigenvalue weighted by atomic mass is 10.1. The number of anilines is 1. The highest BCUT2D eigenvalue weighted by atomic mass is 32.2. The van der Waals surface area contributed by atoms with Crippen LogP contribution in [0.15, 0.2) is 47.4 Å². The number of nitro groups is 1. The average molecular weight is 402 g/mol. The summed E-state index contributed by atoms with van der Waals surface area (Å²) in [5.74, 6) is -0.939. The van der Waals surface area contributed by atoms with Gasteiger partial charge in [0.05, 0.1) is 4.92 Å². The number of carbonyl (C=O) groups is 2. The number of carbonyl (C=O) groups excluding carboxylic acids is 2. The summed E-state index contributed by atoms with van der Waals surface area (Å²) >= 11 is 1.21. The van der Waals surface area contributed by atoms with Gasteiger partial charge in [0.15, 0.2) is 6.10 Å². The number of hydrogen-bond donors (Lipinski definition) is 1. The van der Waals surface area contributed by atoms with E-state index < -0.39 is 28.2 Å². The van der Waals surface area contributed by atoms with Gasteiger partial charge in [-0.15, -0.1) is 11.8 Å². The normalized spacial score (nSPS) is 12.7. The first-order valence-electron chi connectivity index (χ1n) is 8.67. The molecule has 148 valence electrons. The van der Waals surface area contributed by atoms with Crippen LogP contribution in [0.4, 0.5) is 11.4 Å². The van der Waals surface area contributed by atoms with E-state index in [1.165, 1.54) is 30.8 Å². The van der Waals surface area contributed by atoms with Crippen molar-refractivity contribution in [3.05, 3.63) is 63.7 Å². The molecular formula is C20H22N2O5S. The molecule has 2 aromatic carbocycles. The van der Waals surface area contributed by atoms with Crippen molar-refractivity contribution in [1.29, 1.82) is 0 Å². The molecule has 0 aliphatic heterocycles. The number of rotatable bonds is 7. The molecule has 2 rings (SSSR count). The van der Waals surface area contributed by atoms with E-state index in [2.05, 4.69) is 5.32 Å². The van der Waals surface area contributed by atoms with Gasteiger partial charge in [0.25, 0.3) is 11.6 Å². The molecule has 0 aliphatic carbocycles. The third kappa shape index (κ3) is 5.56. The monoisotopic (exact) mass is 402 g/mol. The molecule has 0 fully saturated rings. The van der Waals surface area contributed by atoms with Gasteiger partial charge in [0, 0.05) is 22.7 Å². The molecule has 0 aliphatic rings. The number of nitrogens with zero attached hydrogens (tertiary/aromatic N) is 1. The standard InChI is InChI=1S/C20H22N2O5S/c1-12-6-5-7-13(2)18(12)21-19(23)14(3)27-20(24)15(4)28-17-10-8-16(9-11-17)22(25)26/h5-11,14-15H,1-4H3,(H,21,23)/t14-,15-/m1/s1. The molecule has 1 N–H and O–H groups in total. The molecule has 8 heteroatoms. The number of non-ortho nitro benzene ring substituents is 1. The van der Waals surface area contributed by atoms with Gasteiger partial charge in [0.2, 0.25) is 0 Å². The molecule has 2 aromatic rings. The molecule has 0 saturated carbocycles. The van der Waals surface area contributed by atoms with Gasteiger partial charge in [-0.25, -0.2) is 0 Å². The maximum absolute atomic E-state index is 12.4. The van der Waals surface area contributed by atoms with Gasteiger partial charge in [-0.05, 0) is 51.0 Å². The summed E-state index contributed by atoms with van der Waals surface area (Å²) in [6.45, 7) is 6.96. The Bertz CT molecular complexity index is 862. The zero-order chi connectivity index (χ0) is 20.8. The Hall–Kier alpha value is -2.87. The van der Waals surface area contributed by atoms with E-state index in [-0.39, 0.29) is 5.69 Å². The van der Waals surface area contributed by atoms with Gasteiger partial charge >= 0.3 is 5.97 Å². The average Bonchev–Trinajstić information content (AvgIpc) is 2.64. The summed E-state index contributed by atoms with van der Waals surface area (Å²) in [5.41, 5.74) is 2.54. The fraction of sp³-hybridized carbons (Fsp3) is 0.300. The first kappa shape index (κ1) is 21.4. The minimum atomic E-state index is -0.952. The number of aryl methyl sites for hydroxylation is 2. The summed E-state index contributed by atoms with van der Waals surface area (Å²) in [6, 6.07) is 11.6. The first-order chi connectivity index (χ1) is 13.2. The number of ether oxygens (including phenoxy) is 1. The Morgan fingerprint density at radius 1 is 1.07 bits per heavy atom. The Kier molecular flexibility index (Phi) is 7.17. The van der Waals surface area contributed by atoms with Gasteiger partial charge < -0.3 is 10.1 Å². The van der Waals surface area contributed by atoms with Crippen molar-refractivity contribution in [2.75, 3.05) is 5.32 Å². The summed E-state index contributed by atoms with van der Waals surface area (Å²) in [4.78, 5) is 35.6. The van der Waals surface area contributed by atoms with Crippen LogP contribution in [0.5, 0.6) is 0 Å². The van der Waals surface area contributed by atoms with Crippen molar-refractivity contribution in [3.63, 3.8) is 0 Å². The predicted molar refractivity (Wildman–Crippen MR) is 109 cm³/mol. The van der Waals surface area contributed by atoms with Crippen molar-refractivity contribution in [1.82, 2.24) is 0 Å². The summed E-state index contributed by atoms with van der Waals surface area (Å²) in [5, 5.41) is 12.9. The SMILES string of the molecule is Cc1cccc(C)c1NC(=O)[C@@H](C)OC(=O)[C@@H](C)Sc1ccc([N+](=O)[O-])cc1. The van der Waals surface area contributed by atoms with Gasteiger partial charge in [-0.2, -0.15) is 0 Å². The van der Waals surface area contributed by atoms with Crippen LogP contribution in [0.1, 0.15) is 25.0 Å². The van der Waals surface area contributed by atoms with Gasteiger partial charge in [0.1, 0.15) is 5.25 Å². The fourth-order valence-corrected chi connectivity index (χ4v) is 3.31. The Labute approximate surface area is 167 Å². The number of nitro benzene ring substituents is 1. The van der Waals surface area contributed by atoms with Crippen LogP contribution < -0.4 is 5.32 Å². The number of para-hydroxylation sites is 1. The summed E-state index contributed by atoms with van der Waals surface area (Å²) in [6.07, 6.45) is -0.952. The molecule has 0 aromatic heterocycles. The molecule has 0 unspecified atom stereocenters. The first-order valence-corrected chi connectivity index (χ1v) is 9.55. The van der Waals surface area contributed by atoms with E-state index >= 15 is 0 Å². The van der Waals surface area contributed by atoms with Gasteiger partial charge in [-0.3, -0.25) is 19.7 Å². The minimum Gasteiger partial charge on any atom is -0.452 e. The van der Waals surface area contributed by atoms with Crippen LogP contribution in [-0.4, -0.2) is 28.2 Å².